The van der Waals surface area contributed by atoms with Crippen LogP contribution in [0.3, 0.4) is 0 Å². The second-order valence-electron chi connectivity index (χ2n) is 6.01. The second-order valence-corrected chi connectivity index (χ2v) is 9.12. The fourth-order valence-corrected chi connectivity index (χ4v) is 4.94. The summed E-state index contributed by atoms with van der Waals surface area (Å²) >= 11 is 1.24. The highest BCUT2D eigenvalue weighted by atomic mass is 32.2. The molecule has 0 radical (unpaired) electrons. The van der Waals surface area contributed by atoms with Crippen LogP contribution in [0.5, 0.6) is 0 Å². The van der Waals surface area contributed by atoms with E-state index < -0.39 is 21.7 Å². The third kappa shape index (κ3) is 4.20. The fourth-order valence-electron chi connectivity index (χ4n) is 2.62. The molecule has 0 unspecified atom stereocenters. The van der Waals surface area contributed by atoms with Crippen molar-refractivity contribution >= 4 is 43.3 Å². The maximum absolute atomic E-state index is 12.3. The van der Waals surface area contributed by atoms with E-state index in [4.69, 9.17) is 4.74 Å². The molecule has 1 amide bonds. The van der Waals surface area contributed by atoms with Gasteiger partial charge in [-0.05, 0) is 30.3 Å². The number of aromatic nitrogens is 1. The molecule has 0 saturated carbocycles. The van der Waals surface area contributed by atoms with Crippen LogP contribution in [0.15, 0.2) is 58.4 Å². The Labute approximate surface area is 165 Å². The van der Waals surface area contributed by atoms with Crippen molar-refractivity contribution in [2.45, 2.75) is 11.3 Å². The van der Waals surface area contributed by atoms with E-state index in [1.807, 2.05) is 0 Å². The number of esters is 1. The molecular formula is C19H18N2O5S2. The topological polar surface area (TPSA) is 94.8 Å². The lowest BCUT2D eigenvalue weighted by atomic mass is 10.2. The van der Waals surface area contributed by atoms with Gasteiger partial charge in [-0.1, -0.05) is 29.5 Å². The maximum Gasteiger partial charge on any atom is 0.337 e. The molecule has 0 saturated heterocycles. The quantitative estimate of drug-likeness (QED) is 0.593. The van der Waals surface area contributed by atoms with Crippen LogP contribution in [-0.4, -0.2) is 37.7 Å². The number of aryl methyl sites for hydroxylation is 1. The summed E-state index contributed by atoms with van der Waals surface area (Å²) in [5, 5.41) is 0. The van der Waals surface area contributed by atoms with Crippen LogP contribution in [0.4, 0.5) is 0 Å². The van der Waals surface area contributed by atoms with Crippen LogP contribution in [-0.2, 0) is 26.4 Å². The van der Waals surface area contributed by atoms with Crippen molar-refractivity contribution in [3.63, 3.8) is 0 Å². The van der Waals surface area contributed by atoms with Gasteiger partial charge in [-0.2, -0.15) is 4.99 Å². The van der Waals surface area contributed by atoms with E-state index in [1.165, 1.54) is 30.6 Å². The van der Waals surface area contributed by atoms with E-state index in [-0.39, 0.29) is 17.1 Å². The molecule has 0 aliphatic carbocycles. The molecule has 0 fully saturated rings. The van der Waals surface area contributed by atoms with Gasteiger partial charge in [-0.25, -0.2) is 13.2 Å². The van der Waals surface area contributed by atoms with Gasteiger partial charge in [0.1, 0.15) is 0 Å². The Hall–Kier alpha value is -2.78. The third-order valence-corrected chi connectivity index (χ3v) is 6.96. The first kappa shape index (κ1) is 20.0. The summed E-state index contributed by atoms with van der Waals surface area (Å²) in [6.07, 6.45) is -0.209. The zero-order valence-electron chi connectivity index (χ0n) is 15.3. The minimum absolute atomic E-state index is 0.186. The lowest BCUT2D eigenvalue weighted by Gasteiger charge is -2.02. The van der Waals surface area contributed by atoms with Crippen LogP contribution in [0.25, 0.3) is 10.2 Å². The van der Waals surface area contributed by atoms with Gasteiger partial charge in [0.05, 0.1) is 33.5 Å². The summed E-state index contributed by atoms with van der Waals surface area (Å²) in [4.78, 5) is 28.6. The zero-order chi connectivity index (χ0) is 20.3. The van der Waals surface area contributed by atoms with Gasteiger partial charge in [-0.3, -0.25) is 4.79 Å². The molecule has 9 heteroatoms. The van der Waals surface area contributed by atoms with Gasteiger partial charge in [0.2, 0.25) is 5.91 Å². The fraction of sp³-hybridized carbons (Fsp3) is 0.211. The Bertz CT molecular complexity index is 1210. The monoisotopic (exact) mass is 418 g/mol. The minimum Gasteiger partial charge on any atom is -0.465 e. The number of thiazole rings is 1. The molecule has 2 aromatic carbocycles. The van der Waals surface area contributed by atoms with Crippen molar-refractivity contribution in [3.8, 4) is 0 Å². The highest BCUT2D eigenvalue weighted by molar-refractivity contribution is 7.91. The van der Waals surface area contributed by atoms with Crippen molar-refractivity contribution in [3.05, 3.63) is 58.9 Å². The predicted octanol–water partition coefficient (Wildman–Crippen LogP) is 2.32. The average Bonchev–Trinajstić information content (AvgIpc) is 3.01. The molecule has 1 aromatic heterocycles. The third-order valence-electron chi connectivity index (χ3n) is 4.14. The van der Waals surface area contributed by atoms with Gasteiger partial charge in [0.25, 0.3) is 0 Å². The molecule has 0 aliphatic heterocycles. The van der Waals surface area contributed by atoms with Crippen molar-refractivity contribution in [1.29, 1.82) is 0 Å². The van der Waals surface area contributed by atoms with E-state index in [0.29, 0.717) is 10.4 Å². The second kappa shape index (κ2) is 8.07. The molecule has 3 rings (SSSR count). The summed E-state index contributed by atoms with van der Waals surface area (Å²) in [5.74, 6) is -1.27. The SMILES string of the molecule is COC(=O)c1ccc2c(c1)sc(=NC(=O)CCS(=O)(=O)c1ccccc1)n2C. The van der Waals surface area contributed by atoms with Gasteiger partial charge in [0.15, 0.2) is 14.6 Å². The molecule has 146 valence electrons. The first-order valence-corrected chi connectivity index (χ1v) is 10.8. The minimum atomic E-state index is -3.54. The number of hydrogen-bond acceptors (Lipinski definition) is 6. The van der Waals surface area contributed by atoms with E-state index >= 15 is 0 Å². The lowest BCUT2D eigenvalue weighted by Crippen LogP contribution is -2.15. The highest BCUT2D eigenvalue weighted by Crippen LogP contribution is 2.19. The Morgan fingerprint density at radius 3 is 2.54 bits per heavy atom. The van der Waals surface area contributed by atoms with E-state index in [2.05, 4.69) is 4.99 Å². The molecular weight excluding hydrogens is 400 g/mol. The number of rotatable bonds is 5. The van der Waals surface area contributed by atoms with Crippen molar-refractivity contribution < 1.29 is 22.7 Å². The summed E-state index contributed by atoms with van der Waals surface area (Å²) in [5.41, 5.74) is 1.21. The van der Waals surface area contributed by atoms with Gasteiger partial charge >= 0.3 is 5.97 Å². The first-order chi connectivity index (χ1) is 13.3. The number of methoxy groups -OCH3 is 1. The van der Waals surface area contributed by atoms with Crippen LogP contribution >= 0.6 is 11.3 Å². The molecule has 3 aromatic rings. The Morgan fingerprint density at radius 1 is 1.14 bits per heavy atom. The molecule has 28 heavy (non-hydrogen) atoms. The smallest absolute Gasteiger partial charge is 0.337 e. The van der Waals surface area contributed by atoms with Crippen LogP contribution in [0, 0.1) is 0 Å². The van der Waals surface area contributed by atoms with Gasteiger partial charge < -0.3 is 9.30 Å². The van der Waals surface area contributed by atoms with E-state index in [0.717, 1.165) is 10.2 Å². The van der Waals surface area contributed by atoms with Crippen LogP contribution in [0.1, 0.15) is 16.8 Å². The van der Waals surface area contributed by atoms with Crippen molar-refractivity contribution in [1.82, 2.24) is 4.57 Å². The molecule has 7 nitrogen and oxygen atoms in total. The first-order valence-electron chi connectivity index (χ1n) is 8.35. The van der Waals surface area contributed by atoms with Crippen molar-refractivity contribution in [2.75, 3.05) is 12.9 Å². The average molecular weight is 418 g/mol. The molecule has 1 heterocycles. The number of amides is 1. The van der Waals surface area contributed by atoms with Gasteiger partial charge in [0, 0.05) is 13.5 Å². The number of benzene rings is 2. The highest BCUT2D eigenvalue weighted by Gasteiger charge is 2.16. The summed E-state index contributed by atoms with van der Waals surface area (Å²) in [6, 6.07) is 13.1. The number of ether oxygens (including phenoxy) is 1. The number of carbonyl (C=O) groups is 2. The Balaban J connectivity index is 1.83. The predicted molar refractivity (Wildman–Crippen MR) is 106 cm³/mol. The van der Waals surface area contributed by atoms with E-state index in [9.17, 15) is 18.0 Å². The Kier molecular flexibility index (Phi) is 5.76. The maximum atomic E-state index is 12.3. The van der Waals surface area contributed by atoms with Gasteiger partial charge in [-0.15, -0.1) is 0 Å². The number of sulfone groups is 1. The molecule has 0 spiro atoms. The lowest BCUT2D eigenvalue weighted by molar-refractivity contribution is -0.117. The van der Waals surface area contributed by atoms with E-state index in [1.54, 1.807) is 48.0 Å². The number of carbonyl (C=O) groups excluding carboxylic acids is 2. The zero-order valence-corrected chi connectivity index (χ0v) is 16.9. The molecule has 0 N–H and O–H groups in total. The Morgan fingerprint density at radius 2 is 1.86 bits per heavy atom. The molecule has 0 atom stereocenters. The van der Waals surface area contributed by atoms with Crippen LogP contribution < -0.4 is 4.80 Å². The molecule has 0 bridgehead atoms. The number of fused-ring (bicyclic) bond motifs is 1. The van der Waals surface area contributed by atoms with Crippen molar-refractivity contribution in [2.24, 2.45) is 12.0 Å². The normalized spacial score (nSPS) is 12.3. The summed E-state index contributed by atoms with van der Waals surface area (Å²) in [7, 11) is -0.473. The summed E-state index contributed by atoms with van der Waals surface area (Å²) < 4.78 is 31.8. The summed E-state index contributed by atoms with van der Waals surface area (Å²) in [6.45, 7) is 0. The van der Waals surface area contributed by atoms with Crippen LogP contribution in [0.2, 0.25) is 0 Å². The largest absolute Gasteiger partial charge is 0.465 e. The number of hydrogen-bond donors (Lipinski definition) is 0. The molecule has 0 aliphatic rings. The standard InChI is InChI=1S/C19H18N2O5S2/c1-21-15-9-8-13(18(23)26-2)12-16(15)27-19(21)20-17(22)10-11-28(24,25)14-6-4-3-5-7-14/h3-9,12H,10-11H2,1-2H3. The number of nitrogens with zero attached hydrogens (tertiary/aromatic N) is 2.